The number of benzene rings is 1. The number of ether oxygens (including phenoxy) is 2. The largest absolute Gasteiger partial charge is 0.465 e. The van der Waals surface area contributed by atoms with Gasteiger partial charge in [0.1, 0.15) is 12.1 Å². The predicted octanol–water partition coefficient (Wildman–Crippen LogP) is 3.58. The molecule has 2 aliphatic rings. The van der Waals surface area contributed by atoms with Gasteiger partial charge < -0.3 is 14.4 Å². The average molecular weight is 417 g/mol. The van der Waals surface area contributed by atoms with E-state index in [1.165, 1.54) is 7.11 Å². The van der Waals surface area contributed by atoms with E-state index in [4.69, 9.17) is 9.47 Å². The molecule has 2 fully saturated rings. The Labute approximate surface area is 178 Å². The Bertz CT molecular complexity index is 797. The van der Waals surface area contributed by atoms with E-state index in [2.05, 4.69) is 0 Å². The van der Waals surface area contributed by atoms with E-state index in [-0.39, 0.29) is 30.4 Å². The van der Waals surface area contributed by atoms with Gasteiger partial charge in [-0.1, -0.05) is 12.1 Å². The molecule has 1 saturated heterocycles. The number of piperidine rings is 1. The summed E-state index contributed by atoms with van der Waals surface area (Å²) in [5.74, 6) is -0.261. The Balaban J connectivity index is 1.65. The number of esters is 1. The Morgan fingerprint density at radius 1 is 1.17 bits per heavy atom. The van der Waals surface area contributed by atoms with E-state index in [1.54, 1.807) is 11.0 Å². The lowest BCUT2D eigenvalue weighted by molar-refractivity contribution is -0.133. The zero-order chi connectivity index (χ0) is 21.9. The van der Waals surface area contributed by atoms with E-state index in [1.807, 2.05) is 43.9 Å². The van der Waals surface area contributed by atoms with Crippen molar-refractivity contribution >= 4 is 18.0 Å². The molecule has 1 aromatic carbocycles. The Morgan fingerprint density at radius 3 is 2.53 bits per heavy atom. The summed E-state index contributed by atoms with van der Waals surface area (Å²) < 4.78 is 10.3. The number of carbonyl (C=O) groups is 3. The quantitative estimate of drug-likeness (QED) is 0.686. The maximum Gasteiger partial charge on any atom is 0.411 e. The molecular formula is C23H32N2O5. The molecule has 1 aliphatic heterocycles. The number of rotatable bonds is 5. The molecule has 0 spiro atoms. The molecule has 0 bridgehead atoms. The molecule has 1 atom stereocenters. The molecule has 30 heavy (non-hydrogen) atoms. The van der Waals surface area contributed by atoms with Gasteiger partial charge in [0.15, 0.2) is 0 Å². The molecule has 1 aliphatic carbocycles. The van der Waals surface area contributed by atoms with Gasteiger partial charge in [-0.25, -0.2) is 9.59 Å². The van der Waals surface area contributed by atoms with Crippen LogP contribution in [0.15, 0.2) is 24.3 Å². The van der Waals surface area contributed by atoms with Crippen molar-refractivity contribution in [3.05, 3.63) is 35.4 Å². The summed E-state index contributed by atoms with van der Waals surface area (Å²) in [7, 11) is 1.37. The van der Waals surface area contributed by atoms with Gasteiger partial charge in [-0.2, -0.15) is 0 Å². The number of carbonyl (C=O) groups excluding carboxylic acids is 3. The molecule has 0 radical (unpaired) electrons. The van der Waals surface area contributed by atoms with Gasteiger partial charge in [0.05, 0.1) is 12.7 Å². The molecule has 1 heterocycles. The topological polar surface area (TPSA) is 76.2 Å². The number of hydrogen-bond acceptors (Lipinski definition) is 5. The molecule has 1 saturated carbocycles. The molecule has 0 unspecified atom stereocenters. The van der Waals surface area contributed by atoms with Crippen LogP contribution in [0, 0.1) is 0 Å². The zero-order valence-corrected chi connectivity index (χ0v) is 18.3. The molecular weight excluding hydrogens is 384 g/mol. The third kappa shape index (κ3) is 5.74. The average Bonchev–Trinajstić information content (AvgIpc) is 3.55. The van der Waals surface area contributed by atoms with Crippen LogP contribution in [0.3, 0.4) is 0 Å². The Hall–Kier alpha value is -2.57. The molecule has 0 aromatic heterocycles. The number of methoxy groups -OCH3 is 1. The van der Waals surface area contributed by atoms with Gasteiger partial charge in [0, 0.05) is 25.0 Å². The first-order chi connectivity index (χ1) is 14.2. The molecule has 3 rings (SSSR count). The normalized spacial score (nSPS) is 19.2. The second-order valence-electron chi connectivity index (χ2n) is 9.14. The van der Waals surface area contributed by atoms with Crippen molar-refractivity contribution < 1.29 is 23.9 Å². The smallest absolute Gasteiger partial charge is 0.411 e. The lowest BCUT2D eigenvalue weighted by atomic mass is 9.89. The highest BCUT2D eigenvalue weighted by Crippen LogP contribution is 2.30. The number of hydrogen-bond donors (Lipinski definition) is 0. The van der Waals surface area contributed by atoms with Gasteiger partial charge in [-0.3, -0.25) is 9.69 Å². The van der Waals surface area contributed by atoms with E-state index in [9.17, 15) is 14.4 Å². The molecule has 7 heteroatoms. The summed E-state index contributed by atoms with van der Waals surface area (Å²) in [6.07, 6.45) is 3.24. The summed E-state index contributed by atoms with van der Waals surface area (Å²) >= 11 is 0. The third-order valence-corrected chi connectivity index (χ3v) is 5.47. The van der Waals surface area contributed by atoms with Crippen molar-refractivity contribution in [2.24, 2.45) is 0 Å². The Morgan fingerprint density at radius 2 is 1.90 bits per heavy atom. The molecule has 7 nitrogen and oxygen atoms in total. The minimum Gasteiger partial charge on any atom is -0.465 e. The maximum atomic E-state index is 13.0. The summed E-state index contributed by atoms with van der Waals surface area (Å²) in [5, 5.41) is 0. The third-order valence-electron chi connectivity index (χ3n) is 5.47. The monoisotopic (exact) mass is 416 g/mol. The zero-order valence-electron chi connectivity index (χ0n) is 18.3. The standard InChI is InChI=1S/C23H32N2O5/c1-23(2,3)30-22(28)25(19-10-11-19)15-20(26)24-12-6-9-18(14-24)16-7-5-8-17(13-16)21(27)29-4/h5,7-8,13,18-19H,6,9-12,14-15H2,1-4H3/t18-/m1/s1. The van der Waals surface area contributed by atoms with Gasteiger partial charge in [-0.05, 0) is 64.2 Å². The van der Waals surface area contributed by atoms with Gasteiger partial charge in [0.25, 0.3) is 0 Å². The van der Waals surface area contributed by atoms with Crippen molar-refractivity contribution in [2.75, 3.05) is 26.7 Å². The fourth-order valence-corrected chi connectivity index (χ4v) is 3.81. The highest BCUT2D eigenvalue weighted by molar-refractivity contribution is 5.89. The van der Waals surface area contributed by atoms with Crippen molar-refractivity contribution in [1.82, 2.24) is 9.80 Å². The van der Waals surface area contributed by atoms with Crippen LogP contribution in [0.2, 0.25) is 0 Å². The lowest BCUT2D eigenvalue weighted by Gasteiger charge is -2.35. The Kier molecular flexibility index (Phi) is 6.68. The number of likely N-dealkylation sites (tertiary alicyclic amines) is 1. The van der Waals surface area contributed by atoms with Crippen LogP contribution < -0.4 is 0 Å². The highest BCUT2D eigenvalue weighted by atomic mass is 16.6. The summed E-state index contributed by atoms with van der Waals surface area (Å²) in [5.41, 5.74) is 0.957. The minimum atomic E-state index is -0.589. The second-order valence-corrected chi connectivity index (χ2v) is 9.14. The van der Waals surface area contributed by atoms with Crippen molar-refractivity contribution in [2.45, 2.75) is 64.0 Å². The fourth-order valence-electron chi connectivity index (χ4n) is 3.81. The number of amides is 2. The number of nitrogens with zero attached hydrogens (tertiary/aromatic N) is 2. The summed E-state index contributed by atoms with van der Waals surface area (Å²) in [6.45, 7) is 6.80. The lowest BCUT2D eigenvalue weighted by Crippen LogP contribution is -2.48. The fraction of sp³-hybridized carbons (Fsp3) is 0.609. The van der Waals surface area contributed by atoms with Crippen LogP contribution in [0.25, 0.3) is 0 Å². The van der Waals surface area contributed by atoms with Crippen LogP contribution >= 0.6 is 0 Å². The van der Waals surface area contributed by atoms with Crippen molar-refractivity contribution in [1.29, 1.82) is 0 Å². The van der Waals surface area contributed by atoms with E-state index in [0.29, 0.717) is 18.7 Å². The first-order valence-corrected chi connectivity index (χ1v) is 10.6. The van der Waals surface area contributed by atoms with Crippen LogP contribution in [-0.2, 0) is 14.3 Å². The van der Waals surface area contributed by atoms with Crippen LogP contribution in [0.5, 0.6) is 0 Å². The van der Waals surface area contributed by atoms with Gasteiger partial charge in [-0.15, -0.1) is 0 Å². The molecule has 0 N–H and O–H groups in total. The highest BCUT2D eigenvalue weighted by Gasteiger charge is 2.37. The van der Waals surface area contributed by atoms with Crippen LogP contribution in [-0.4, -0.2) is 66.2 Å². The summed E-state index contributed by atoms with van der Waals surface area (Å²) in [6, 6.07) is 7.51. The summed E-state index contributed by atoms with van der Waals surface area (Å²) in [4.78, 5) is 40.8. The SMILES string of the molecule is COC(=O)c1cccc([C@@H]2CCCN(C(=O)CN(C(=O)OC(C)(C)C)C3CC3)C2)c1. The van der Waals surface area contributed by atoms with Crippen molar-refractivity contribution in [3.8, 4) is 0 Å². The molecule has 164 valence electrons. The van der Waals surface area contributed by atoms with E-state index >= 15 is 0 Å². The van der Waals surface area contributed by atoms with Crippen molar-refractivity contribution in [3.63, 3.8) is 0 Å². The van der Waals surface area contributed by atoms with Crippen LogP contribution in [0.4, 0.5) is 4.79 Å². The van der Waals surface area contributed by atoms with Gasteiger partial charge >= 0.3 is 12.1 Å². The second kappa shape index (κ2) is 9.06. The predicted molar refractivity (Wildman–Crippen MR) is 112 cm³/mol. The van der Waals surface area contributed by atoms with Crippen LogP contribution in [0.1, 0.15) is 68.3 Å². The minimum absolute atomic E-state index is 0.0501. The first-order valence-electron chi connectivity index (χ1n) is 10.6. The van der Waals surface area contributed by atoms with E-state index < -0.39 is 11.7 Å². The molecule has 1 aromatic rings. The molecule has 2 amide bonds. The first kappa shape index (κ1) is 22.1. The maximum absolute atomic E-state index is 13.0. The van der Waals surface area contributed by atoms with E-state index in [0.717, 1.165) is 31.2 Å². The van der Waals surface area contributed by atoms with Gasteiger partial charge in [0.2, 0.25) is 5.91 Å².